The van der Waals surface area contributed by atoms with Crippen molar-refractivity contribution in [1.29, 1.82) is 0 Å². The van der Waals surface area contributed by atoms with Crippen LogP contribution in [0.3, 0.4) is 0 Å². The summed E-state index contributed by atoms with van der Waals surface area (Å²) in [6.45, 7) is 2.20. The minimum Gasteiger partial charge on any atom is -0.310 e. The van der Waals surface area contributed by atoms with E-state index in [9.17, 15) is 0 Å². The molecule has 4 aromatic carbocycles. The predicted octanol–water partition coefficient (Wildman–Crippen LogP) is 7.41. The van der Waals surface area contributed by atoms with E-state index in [-0.39, 0.29) is 0 Å². The Bertz CT molecular complexity index is 997. The molecule has 0 saturated carbocycles. The Hall–Kier alpha value is -3.58. The molecule has 0 aromatic heterocycles. The molecule has 0 aliphatic carbocycles. The first-order valence-electron chi connectivity index (χ1n) is 9.56. The minimum absolute atomic E-state index is 1.14. The molecule has 0 amide bonds. The van der Waals surface area contributed by atoms with Crippen molar-refractivity contribution in [1.82, 2.24) is 0 Å². The highest BCUT2D eigenvalue weighted by molar-refractivity contribution is 6.00. The van der Waals surface area contributed by atoms with Gasteiger partial charge in [-0.3, -0.25) is 0 Å². The van der Waals surface area contributed by atoms with E-state index >= 15 is 0 Å². The molecule has 0 fully saturated rings. The molecular formula is C27H23N. The van der Waals surface area contributed by atoms with Gasteiger partial charge in [0.1, 0.15) is 0 Å². The van der Waals surface area contributed by atoms with Gasteiger partial charge in [-0.15, -0.1) is 0 Å². The Balaban J connectivity index is 2.00. The summed E-state index contributed by atoms with van der Waals surface area (Å²) in [4.78, 5) is 2.34. The molecule has 0 spiro atoms. The molecule has 0 aliphatic heterocycles. The largest absolute Gasteiger partial charge is 0.310 e. The van der Waals surface area contributed by atoms with Crippen molar-refractivity contribution in [3.05, 3.63) is 132 Å². The monoisotopic (exact) mass is 361 g/mol. The smallest absolute Gasteiger partial charge is 0.0569 e. The van der Waals surface area contributed by atoms with E-state index in [0.29, 0.717) is 0 Å². The minimum atomic E-state index is 1.14. The summed E-state index contributed by atoms with van der Waals surface area (Å²) in [6, 6.07) is 42.3. The predicted molar refractivity (Wildman–Crippen MR) is 120 cm³/mol. The fourth-order valence-electron chi connectivity index (χ4n) is 3.50. The van der Waals surface area contributed by atoms with Crippen LogP contribution < -0.4 is 4.90 Å². The Morgan fingerprint density at radius 3 is 1.25 bits per heavy atom. The summed E-state index contributed by atoms with van der Waals surface area (Å²) >= 11 is 0. The lowest BCUT2D eigenvalue weighted by atomic mass is 9.98. The number of allylic oxidation sites excluding steroid dienone is 1. The molecule has 0 atom stereocenters. The Labute approximate surface area is 167 Å². The van der Waals surface area contributed by atoms with Gasteiger partial charge in [0, 0.05) is 11.4 Å². The average molecular weight is 361 g/mol. The highest BCUT2D eigenvalue weighted by Gasteiger charge is 2.19. The van der Waals surface area contributed by atoms with E-state index in [4.69, 9.17) is 0 Å². The molecule has 0 heterocycles. The van der Waals surface area contributed by atoms with Crippen molar-refractivity contribution < 1.29 is 0 Å². The molecule has 1 heteroatoms. The second kappa shape index (κ2) is 8.41. The van der Waals surface area contributed by atoms with Crippen LogP contribution in [-0.2, 0) is 0 Å². The van der Waals surface area contributed by atoms with Gasteiger partial charge in [-0.05, 0) is 47.9 Å². The van der Waals surface area contributed by atoms with Gasteiger partial charge in [-0.25, -0.2) is 0 Å². The van der Waals surface area contributed by atoms with E-state index in [1.54, 1.807) is 0 Å². The van der Waals surface area contributed by atoms with Crippen LogP contribution in [0.1, 0.15) is 18.1 Å². The van der Waals surface area contributed by atoms with Crippen LogP contribution in [0, 0.1) is 0 Å². The van der Waals surface area contributed by atoms with Crippen molar-refractivity contribution in [3.8, 4) is 0 Å². The van der Waals surface area contributed by atoms with Gasteiger partial charge >= 0.3 is 0 Å². The average Bonchev–Trinajstić information content (AvgIpc) is 2.79. The lowest BCUT2D eigenvalue weighted by molar-refractivity contribution is 1.28. The van der Waals surface area contributed by atoms with Gasteiger partial charge in [0.2, 0.25) is 0 Å². The van der Waals surface area contributed by atoms with Crippen LogP contribution in [-0.4, -0.2) is 0 Å². The first kappa shape index (κ1) is 17.8. The van der Waals surface area contributed by atoms with Gasteiger partial charge in [0.05, 0.1) is 5.70 Å². The summed E-state index contributed by atoms with van der Waals surface area (Å²) in [5, 5.41) is 0. The van der Waals surface area contributed by atoms with Gasteiger partial charge in [-0.1, -0.05) is 97.1 Å². The van der Waals surface area contributed by atoms with Crippen molar-refractivity contribution in [2.24, 2.45) is 0 Å². The number of para-hydroxylation sites is 2. The SMILES string of the molecule is CC(=C(c1ccccc1)N(c1ccccc1)c1ccccc1)c1ccccc1. The second-order valence-corrected chi connectivity index (χ2v) is 6.71. The summed E-state index contributed by atoms with van der Waals surface area (Å²) in [5.74, 6) is 0. The molecule has 0 N–H and O–H groups in total. The van der Waals surface area contributed by atoms with Crippen molar-refractivity contribution >= 4 is 22.6 Å². The fourth-order valence-corrected chi connectivity index (χ4v) is 3.50. The Morgan fingerprint density at radius 1 is 0.464 bits per heavy atom. The van der Waals surface area contributed by atoms with Gasteiger partial charge < -0.3 is 4.90 Å². The van der Waals surface area contributed by atoms with Crippen LogP contribution in [0.5, 0.6) is 0 Å². The number of nitrogens with zero attached hydrogens (tertiary/aromatic N) is 1. The second-order valence-electron chi connectivity index (χ2n) is 6.71. The number of benzene rings is 4. The van der Waals surface area contributed by atoms with E-state index in [1.807, 2.05) is 0 Å². The topological polar surface area (TPSA) is 3.24 Å². The van der Waals surface area contributed by atoms with E-state index in [0.717, 1.165) is 11.4 Å². The Morgan fingerprint density at radius 2 is 0.821 bits per heavy atom. The Kier molecular flexibility index (Phi) is 5.35. The van der Waals surface area contributed by atoms with Crippen molar-refractivity contribution in [3.63, 3.8) is 0 Å². The highest BCUT2D eigenvalue weighted by Crippen LogP contribution is 2.38. The third-order valence-electron chi connectivity index (χ3n) is 4.86. The van der Waals surface area contributed by atoms with Gasteiger partial charge in [0.25, 0.3) is 0 Å². The third kappa shape index (κ3) is 3.74. The van der Waals surface area contributed by atoms with Crippen molar-refractivity contribution in [2.75, 3.05) is 4.90 Å². The number of hydrogen-bond donors (Lipinski definition) is 0. The van der Waals surface area contributed by atoms with Gasteiger partial charge in [-0.2, -0.15) is 0 Å². The zero-order valence-electron chi connectivity index (χ0n) is 16.0. The molecule has 1 nitrogen and oxygen atoms in total. The lowest BCUT2D eigenvalue weighted by Crippen LogP contribution is -2.16. The molecule has 0 saturated heterocycles. The lowest BCUT2D eigenvalue weighted by Gasteiger charge is -2.30. The van der Waals surface area contributed by atoms with Gasteiger partial charge in [0.15, 0.2) is 0 Å². The maximum absolute atomic E-state index is 2.34. The molecule has 4 aromatic rings. The number of rotatable bonds is 5. The third-order valence-corrected chi connectivity index (χ3v) is 4.86. The molecule has 28 heavy (non-hydrogen) atoms. The van der Waals surface area contributed by atoms with Crippen molar-refractivity contribution in [2.45, 2.75) is 6.92 Å². The van der Waals surface area contributed by atoms with Crippen LogP contribution >= 0.6 is 0 Å². The molecule has 0 aliphatic rings. The van der Waals surface area contributed by atoms with E-state index < -0.39 is 0 Å². The number of hydrogen-bond acceptors (Lipinski definition) is 1. The quantitative estimate of drug-likeness (QED) is 0.334. The molecular weight excluding hydrogens is 338 g/mol. The highest BCUT2D eigenvalue weighted by atomic mass is 15.2. The van der Waals surface area contributed by atoms with E-state index in [2.05, 4.69) is 133 Å². The summed E-state index contributed by atoms with van der Waals surface area (Å²) in [6.07, 6.45) is 0. The first-order chi connectivity index (χ1) is 13.8. The summed E-state index contributed by atoms with van der Waals surface area (Å²) in [7, 11) is 0. The summed E-state index contributed by atoms with van der Waals surface area (Å²) in [5.41, 5.74) is 7.11. The molecule has 0 radical (unpaired) electrons. The zero-order chi connectivity index (χ0) is 19.2. The molecule has 0 bridgehead atoms. The van der Waals surface area contributed by atoms with E-state index in [1.165, 1.54) is 22.4 Å². The zero-order valence-corrected chi connectivity index (χ0v) is 16.0. The number of anilines is 2. The fraction of sp³-hybridized carbons (Fsp3) is 0.0370. The maximum atomic E-state index is 2.34. The summed E-state index contributed by atoms with van der Waals surface area (Å²) < 4.78 is 0. The van der Waals surface area contributed by atoms with Crippen LogP contribution in [0.2, 0.25) is 0 Å². The van der Waals surface area contributed by atoms with Crippen LogP contribution in [0.15, 0.2) is 121 Å². The maximum Gasteiger partial charge on any atom is 0.0569 e. The van der Waals surface area contributed by atoms with Crippen LogP contribution in [0.4, 0.5) is 11.4 Å². The first-order valence-corrected chi connectivity index (χ1v) is 9.56. The molecule has 4 rings (SSSR count). The van der Waals surface area contributed by atoms with Crippen LogP contribution in [0.25, 0.3) is 11.3 Å². The standard InChI is InChI=1S/C27H23N/c1-22(23-14-6-2-7-15-23)27(24-16-8-3-9-17-24)28(25-18-10-4-11-19-25)26-20-12-5-13-21-26/h2-21H,1H3. The normalized spacial score (nSPS) is 11.6. The molecule has 136 valence electrons. The molecule has 0 unspecified atom stereocenters.